The second-order valence-electron chi connectivity index (χ2n) is 8.77. The van der Waals surface area contributed by atoms with E-state index in [4.69, 9.17) is 26.3 Å². The van der Waals surface area contributed by atoms with Gasteiger partial charge in [-0.2, -0.15) is 5.10 Å². The molecule has 4 rings (SSSR count). The van der Waals surface area contributed by atoms with Crippen LogP contribution in [0, 0.1) is 6.92 Å². The highest BCUT2D eigenvalue weighted by molar-refractivity contribution is 6.31. The van der Waals surface area contributed by atoms with E-state index < -0.39 is 0 Å². The van der Waals surface area contributed by atoms with Gasteiger partial charge in [0.15, 0.2) is 5.82 Å². The molecule has 10 heteroatoms. The maximum Gasteiger partial charge on any atom is 0.273 e. The average molecular weight is 522 g/mol. The predicted octanol–water partition coefficient (Wildman–Crippen LogP) is 4.39. The van der Waals surface area contributed by atoms with Crippen molar-refractivity contribution in [3.8, 4) is 17.1 Å². The smallest absolute Gasteiger partial charge is 0.273 e. The zero-order chi connectivity index (χ0) is 26.5. The third-order valence-corrected chi connectivity index (χ3v) is 6.46. The van der Waals surface area contributed by atoms with E-state index in [2.05, 4.69) is 15.7 Å². The Bertz CT molecular complexity index is 1420. The van der Waals surface area contributed by atoms with Gasteiger partial charge in [0, 0.05) is 72.2 Å². The van der Waals surface area contributed by atoms with Crippen LogP contribution < -0.4 is 15.4 Å². The van der Waals surface area contributed by atoms with Crippen LogP contribution in [0.4, 0.5) is 5.69 Å². The van der Waals surface area contributed by atoms with Crippen LogP contribution in [0.15, 0.2) is 42.6 Å². The van der Waals surface area contributed by atoms with Crippen molar-refractivity contribution < 1.29 is 9.53 Å². The monoisotopic (exact) mass is 521 g/mol. The molecule has 0 atom stereocenters. The molecule has 2 heterocycles. The summed E-state index contributed by atoms with van der Waals surface area (Å²) in [6.45, 7) is 6.77. The number of nitrogens with one attached hydrogen (secondary N) is 2. The highest BCUT2D eigenvalue weighted by Crippen LogP contribution is 2.30. The Balaban J connectivity index is 1.76. The van der Waals surface area contributed by atoms with Crippen LogP contribution in [0.3, 0.4) is 0 Å². The van der Waals surface area contributed by atoms with Gasteiger partial charge in [-0.1, -0.05) is 11.6 Å². The molecule has 0 unspecified atom stereocenters. The summed E-state index contributed by atoms with van der Waals surface area (Å²) in [5.74, 6) is 0.865. The van der Waals surface area contributed by atoms with Gasteiger partial charge in [-0.25, -0.2) is 9.97 Å². The topological polar surface area (TPSA) is 97.2 Å². The van der Waals surface area contributed by atoms with Crippen molar-refractivity contribution in [2.45, 2.75) is 26.9 Å². The SMILES string of the molecule is CCn1ncc(CN(C)C(=O)c2nc(-c3cc(NCCNC)cc(OC)c3)nc3ccc(Cl)cc23)c1C. The first-order chi connectivity index (χ1) is 17.8. The van der Waals surface area contributed by atoms with Crippen molar-refractivity contribution in [2.75, 3.05) is 39.6 Å². The number of likely N-dealkylation sites (N-methyl/N-ethyl adjacent to an activating group) is 1. The lowest BCUT2D eigenvalue weighted by Crippen LogP contribution is -2.27. The molecule has 0 aliphatic rings. The average Bonchev–Trinajstić information content (AvgIpc) is 3.26. The second kappa shape index (κ2) is 11.6. The zero-order valence-corrected chi connectivity index (χ0v) is 22.6. The number of aromatic nitrogens is 4. The molecule has 2 aromatic carbocycles. The number of carbonyl (C=O) groups excluding carboxylic acids is 1. The van der Waals surface area contributed by atoms with Gasteiger partial charge in [0.2, 0.25) is 0 Å². The number of benzene rings is 2. The first-order valence-corrected chi connectivity index (χ1v) is 12.5. The van der Waals surface area contributed by atoms with Crippen LogP contribution in [-0.4, -0.2) is 64.9 Å². The van der Waals surface area contributed by atoms with E-state index in [-0.39, 0.29) is 11.6 Å². The number of hydrogen-bond donors (Lipinski definition) is 2. The number of carbonyl (C=O) groups is 1. The highest BCUT2D eigenvalue weighted by Gasteiger charge is 2.21. The van der Waals surface area contributed by atoms with Crippen molar-refractivity contribution in [2.24, 2.45) is 0 Å². The molecule has 0 radical (unpaired) electrons. The third-order valence-electron chi connectivity index (χ3n) is 6.22. The Labute approximate surface area is 221 Å². The van der Waals surface area contributed by atoms with Gasteiger partial charge in [0.1, 0.15) is 11.4 Å². The minimum atomic E-state index is -0.227. The number of aryl methyl sites for hydroxylation is 1. The van der Waals surface area contributed by atoms with Gasteiger partial charge < -0.3 is 20.3 Å². The number of fused-ring (bicyclic) bond motifs is 1. The number of methoxy groups -OCH3 is 1. The minimum absolute atomic E-state index is 0.227. The van der Waals surface area contributed by atoms with E-state index >= 15 is 0 Å². The standard InChI is InChI=1S/C27H32ClN7O2/c1-6-35-17(2)19(15-31-35)16-34(4)27(36)25-23-13-20(28)7-8-24(23)32-26(33-25)18-11-21(30-10-9-29-3)14-22(12-18)37-5/h7-8,11-15,29-30H,6,9-10,16H2,1-5H3. The van der Waals surface area contributed by atoms with Crippen molar-refractivity contribution >= 4 is 34.1 Å². The van der Waals surface area contributed by atoms with E-state index in [1.54, 1.807) is 37.3 Å². The van der Waals surface area contributed by atoms with Crippen molar-refractivity contribution in [1.29, 1.82) is 0 Å². The molecule has 0 fully saturated rings. The number of hydrogen-bond acceptors (Lipinski definition) is 7. The Kier molecular flexibility index (Phi) is 8.25. The van der Waals surface area contributed by atoms with E-state index in [1.165, 1.54) is 0 Å². The first-order valence-electron chi connectivity index (χ1n) is 12.2. The Morgan fingerprint density at radius 1 is 1.16 bits per heavy atom. The van der Waals surface area contributed by atoms with Gasteiger partial charge in [0.05, 0.1) is 18.8 Å². The molecule has 194 valence electrons. The quantitative estimate of drug-likeness (QED) is 0.299. The summed E-state index contributed by atoms with van der Waals surface area (Å²) in [4.78, 5) is 24.9. The fraction of sp³-hybridized carbons (Fsp3) is 0.333. The highest BCUT2D eigenvalue weighted by atomic mass is 35.5. The van der Waals surface area contributed by atoms with Crippen LogP contribution in [0.2, 0.25) is 5.02 Å². The lowest BCUT2D eigenvalue weighted by molar-refractivity contribution is 0.0781. The lowest BCUT2D eigenvalue weighted by Gasteiger charge is -2.18. The Morgan fingerprint density at radius 2 is 1.97 bits per heavy atom. The van der Waals surface area contributed by atoms with Crippen LogP contribution >= 0.6 is 11.6 Å². The van der Waals surface area contributed by atoms with Crippen molar-refractivity contribution in [3.63, 3.8) is 0 Å². The summed E-state index contributed by atoms with van der Waals surface area (Å²) in [5, 5.41) is 12.0. The number of halogens is 1. The number of nitrogens with zero attached hydrogens (tertiary/aromatic N) is 5. The molecule has 0 bridgehead atoms. The van der Waals surface area contributed by atoms with Gasteiger partial charge in [-0.15, -0.1) is 0 Å². The molecule has 4 aromatic rings. The summed E-state index contributed by atoms with van der Waals surface area (Å²) < 4.78 is 7.43. The van der Waals surface area contributed by atoms with E-state index in [0.29, 0.717) is 34.0 Å². The Hall–Kier alpha value is -3.69. The molecule has 9 nitrogen and oxygen atoms in total. The van der Waals surface area contributed by atoms with Crippen LogP contribution in [0.5, 0.6) is 5.75 Å². The molecule has 0 aliphatic heterocycles. The van der Waals surface area contributed by atoms with Crippen LogP contribution in [0.25, 0.3) is 22.3 Å². The minimum Gasteiger partial charge on any atom is -0.497 e. The largest absolute Gasteiger partial charge is 0.497 e. The number of amides is 1. The Morgan fingerprint density at radius 3 is 2.68 bits per heavy atom. The van der Waals surface area contributed by atoms with Gasteiger partial charge in [-0.05, 0) is 51.2 Å². The normalized spacial score (nSPS) is 11.1. The third kappa shape index (κ3) is 5.84. The number of rotatable bonds is 10. The van der Waals surface area contributed by atoms with Gasteiger partial charge >= 0.3 is 0 Å². The summed E-state index contributed by atoms with van der Waals surface area (Å²) >= 11 is 6.30. The molecular formula is C27H32ClN7O2. The molecule has 0 spiro atoms. The van der Waals surface area contributed by atoms with Gasteiger partial charge in [0.25, 0.3) is 5.91 Å². The maximum absolute atomic E-state index is 13.7. The fourth-order valence-corrected chi connectivity index (χ4v) is 4.31. The summed E-state index contributed by atoms with van der Waals surface area (Å²) in [6, 6.07) is 11.0. The lowest BCUT2D eigenvalue weighted by atomic mass is 10.1. The van der Waals surface area contributed by atoms with Crippen LogP contribution in [0.1, 0.15) is 28.7 Å². The summed E-state index contributed by atoms with van der Waals surface area (Å²) in [7, 11) is 5.28. The van der Waals surface area contributed by atoms with Crippen LogP contribution in [-0.2, 0) is 13.1 Å². The van der Waals surface area contributed by atoms with E-state index in [1.807, 2.05) is 50.0 Å². The second-order valence-corrected chi connectivity index (χ2v) is 9.21. The molecule has 37 heavy (non-hydrogen) atoms. The summed E-state index contributed by atoms with van der Waals surface area (Å²) in [6.07, 6.45) is 1.81. The van der Waals surface area contributed by atoms with E-state index in [9.17, 15) is 4.79 Å². The van der Waals surface area contributed by atoms with Crippen molar-refractivity contribution in [3.05, 3.63) is 64.6 Å². The molecule has 1 amide bonds. The molecule has 0 saturated heterocycles. The fourth-order valence-electron chi connectivity index (χ4n) is 4.14. The maximum atomic E-state index is 13.7. The molecular weight excluding hydrogens is 490 g/mol. The molecule has 0 saturated carbocycles. The summed E-state index contributed by atoms with van der Waals surface area (Å²) in [5.41, 5.74) is 4.55. The van der Waals surface area contributed by atoms with E-state index in [0.717, 1.165) is 42.1 Å². The number of anilines is 1. The molecule has 0 aliphatic carbocycles. The number of ether oxygens (including phenoxy) is 1. The predicted molar refractivity (Wildman–Crippen MR) is 147 cm³/mol. The van der Waals surface area contributed by atoms with Crippen molar-refractivity contribution in [1.82, 2.24) is 30.0 Å². The molecule has 2 aromatic heterocycles. The zero-order valence-electron chi connectivity index (χ0n) is 21.8. The molecule has 2 N–H and O–H groups in total. The first kappa shape index (κ1) is 26.4. The van der Waals surface area contributed by atoms with Gasteiger partial charge in [-0.3, -0.25) is 9.48 Å².